The van der Waals surface area contributed by atoms with E-state index in [9.17, 15) is 18.0 Å². The predicted octanol–water partition coefficient (Wildman–Crippen LogP) is 5.73. The highest BCUT2D eigenvalue weighted by Gasteiger charge is 2.31. The highest BCUT2D eigenvalue weighted by Crippen LogP contribution is 2.35. The van der Waals surface area contributed by atoms with Crippen LogP contribution in [0.15, 0.2) is 53.9 Å². The highest BCUT2D eigenvalue weighted by molar-refractivity contribution is 7.09. The summed E-state index contributed by atoms with van der Waals surface area (Å²) >= 11 is 1.52. The number of amides is 1. The van der Waals surface area contributed by atoms with Crippen LogP contribution in [0.25, 0.3) is 6.08 Å². The summed E-state index contributed by atoms with van der Waals surface area (Å²) in [5.74, 6) is 0.0230. The molecule has 0 saturated heterocycles. The van der Waals surface area contributed by atoms with Gasteiger partial charge in [-0.3, -0.25) is 4.79 Å². The molecule has 0 aliphatic rings. The Morgan fingerprint density at radius 3 is 2.62 bits per heavy atom. The maximum Gasteiger partial charge on any atom is 0.416 e. The van der Waals surface area contributed by atoms with Gasteiger partial charge in [-0.25, -0.2) is 4.98 Å². The quantitative estimate of drug-likeness (QED) is 0.289. The van der Waals surface area contributed by atoms with Gasteiger partial charge in [-0.15, -0.1) is 11.3 Å². The van der Waals surface area contributed by atoms with Crippen molar-refractivity contribution in [2.45, 2.75) is 19.7 Å². The van der Waals surface area contributed by atoms with Gasteiger partial charge in [0.25, 0.3) is 0 Å². The average Bonchev–Trinajstić information content (AvgIpc) is 3.22. The molecule has 1 amide bonds. The number of carbonyl (C=O) groups is 1. The Morgan fingerprint density at radius 2 is 1.91 bits per heavy atom. The van der Waals surface area contributed by atoms with Crippen molar-refractivity contribution in [1.29, 1.82) is 0 Å². The van der Waals surface area contributed by atoms with E-state index < -0.39 is 17.6 Å². The molecule has 0 atom stereocenters. The summed E-state index contributed by atoms with van der Waals surface area (Å²) in [5, 5.41) is 5.30. The zero-order valence-corrected chi connectivity index (χ0v) is 19.3. The van der Waals surface area contributed by atoms with Gasteiger partial charge >= 0.3 is 6.18 Å². The van der Waals surface area contributed by atoms with Gasteiger partial charge in [0.05, 0.1) is 28.6 Å². The largest absolute Gasteiger partial charge is 0.489 e. The minimum Gasteiger partial charge on any atom is -0.489 e. The van der Waals surface area contributed by atoms with Crippen molar-refractivity contribution >= 4 is 29.0 Å². The first kappa shape index (κ1) is 25.3. The van der Waals surface area contributed by atoms with E-state index in [-0.39, 0.29) is 31.3 Å². The van der Waals surface area contributed by atoms with Crippen LogP contribution in [-0.4, -0.2) is 31.2 Å². The normalized spacial score (nSPS) is 11.6. The molecule has 3 rings (SSSR count). The lowest BCUT2D eigenvalue weighted by Gasteiger charge is -2.14. The van der Waals surface area contributed by atoms with Crippen molar-refractivity contribution in [2.24, 2.45) is 0 Å². The standard InChI is InChI=1S/C24H23F3N2O4S/c1-16-28-19(15-34-16)14-33-21-6-4-3-5-17(21)7-10-23(30)29-20-13-18(24(25,26)27)8-9-22(20)32-12-11-31-2/h3-10,13,15H,11-12,14H2,1-2H3,(H,29,30)/b10-7+. The number of methoxy groups -OCH3 is 1. The SMILES string of the molecule is COCCOc1ccc(C(F)(F)F)cc1NC(=O)/C=C/c1ccccc1OCc1csc(C)n1. The summed E-state index contributed by atoms with van der Waals surface area (Å²) in [7, 11) is 1.48. The average molecular weight is 493 g/mol. The maximum absolute atomic E-state index is 13.1. The second kappa shape index (κ2) is 11.7. The number of anilines is 1. The fourth-order valence-electron chi connectivity index (χ4n) is 2.88. The molecular weight excluding hydrogens is 469 g/mol. The lowest BCUT2D eigenvalue weighted by atomic mass is 10.1. The van der Waals surface area contributed by atoms with Gasteiger partial charge < -0.3 is 19.5 Å². The Balaban J connectivity index is 1.73. The fourth-order valence-corrected chi connectivity index (χ4v) is 3.48. The molecule has 0 radical (unpaired) electrons. The Kier molecular flexibility index (Phi) is 8.67. The maximum atomic E-state index is 13.1. The van der Waals surface area contributed by atoms with Crippen LogP contribution in [0.4, 0.5) is 18.9 Å². The number of hydrogen-bond donors (Lipinski definition) is 1. The predicted molar refractivity (Wildman–Crippen MR) is 124 cm³/mol. The van der Waals surface area contributed by atoms with Crippen LogP contribution in [0.1, 0.15) is 21.8 Å². The third-order valence-electron chi connectivity index (χ3n) is 4.49. The van der Waals surface area contributed by atoms with E-state index in [1.807, 2.05) is 12.3 Å². The molecule has 34 heavy (non-hydrogen) atoms. The van der Waals surface area contributed by atoms with E-state index in [0.717, 1.165) is 22.8 Å². The van der Waals surface area contributed by atoms with Crippen LogP contribution < -0.4 is 14.8 Å². The Labute approximate surface area is 199 Å². The van der Waals surface area contributed by atoms with Crippen LogP contribution in [0.5, 0.6) is 11.5 Å². The Morgan fingerprint density at radius 1 is 1.12 bits per heavy atom. The van der Waals surface area contributed by atoms with Gasteiger partial charge in [-0.1, -0.05) is 18.2 Å². The van der Waals surface area contributed by atoms with E-state index in [2.05, 4.69) is 10.3 Å². The number of halogens is 3. The third-order valence-corrected chi connectivity index (χ3v) is 5.31. The smallest absolute Gasteiger partial charge is 0.416 e. The molecule has 180 valence electrons. The van der Waals surface area contributed by atoms with Crippen molar-refractivity contribution in [2.75, 3.05) is 25.6 Å². The van der Waals surface area contributed by atoms with Crippen LogP contribution in [0, 0.1) is 6.92 Å². The number of aromatic nitrogens is 1. The molecule has 1 heterocycles. The first-order chi connectivity index (χ1) is 16.3. The summed E-state index contributed by atoms with van der Waals surface area (Å²) in [5.41, 5.74) is 0.431. The molecule has 0 bridgehead atoms. The van der Waals surface area contributed by atoms with Crippen molar-refractivity contribution < 1.29 is 32.2 Å². The molecule has 1 N–H and O–H groups in total. The van der Waals surface area contributed by atoms with E-state index >= 15 is 0 Å². The van der Waals surface area contributed by atoms with Crippen molar-refractivity contribution in [3.63, 3.8) is 0 Å². The number of aryl methyl sites for hydroxylation is 1. The van der Waals surface area contributed by atoms with Gasteiger partial charge in [0.1, 0.15) is 24.7 Å². The van der Waals surface area contributed by atoms with E-state index in [1.54, 1.807) is 24.3 Å². The third kappa shape index (κ3) is 7.32. The number of para-hydroxylation sites is 1. The number of ether oxygens (including phenoxy) is 3. The second-order valence-electron chi connectivity index (χ2n) is 7.06. The minimum atomic E-state index is -4.56. The van der Waals surface area contributed by atoms with Gasteiger partial charge in [0, 0.05) is 24.1 Å². The summed E-state index contributed by atoms with van der Waals surface area (Å²) in [6.07, 6.45) is -1.82. The summed E-state index contributed by atoms with van der Waals surface area (Å²) in [6.45, 7) is 2.53. The monoisotopic (exact) mass is 492 g/mol. The van der Waals surface area contributed by atoms with Crippen LogP contribution in [0.3, 0.4) is 0 Å². The van der Waals surface area contributed by atoms with Gasteiger partial charge in [0.2, 0.25) is 5.91 Å². The second-order valence-corrected chi connectivity index (χ2v) is 8.12. The number of alkyl halides is 3. The number of thiazole rings is 1. The zero-order chi connectivity index (χ0) is 24.6. The molecule has 3 aromatic rings. The van der Waals surface area contributed by atoms with E-state index in [4.69, 9.17) is 14.2 Å². The van der Waals surface area contributed by atoms with E-state index in [1.165, 1.54) is 36.7 Å². The molecule has 0 unspecified atom stereocenters. The molecule has 1 aromatic heterocycles. The molecule has 0 fully saturated rings. The molecule has 0 saturated carbocycles. The number of nitrogens with one attached hydrogen (secondary N) is 1. The van der Waals surface area contributed by atoms with Crippen molar-refractivity contribution in [3.05, 3.63) is 75.7 Å². The minimum absolute atomic E-state index is 0.0935. The fraction of sp³-hybridized carbons (Fsp3) is 0.250. The summed E-state index contributed by atoms with van der Waals surface area (Å²) in [4.78, 5) is 16.9. The molecule has 10 heteroatoms. The number of rotatable bonds is 10. The molecule has 6 nitrogen and oxygen atoms in total. The van der Waals surface area contributed by atoms with Gasteiger partial charge in [-0.05, 0) is 37.3 Å². The molecule has 2 aromatic carbocycles. The molecule has 0 aliphatic heterocycles. The highest BCUT2D eigenvalue weighted by atomic mass is 32.1. The Bertz CT molecular complexity index is 1150. The van der Waals surface area contributed by atoms with Crippen LogP contribution in [-0.2, 0) is 22.3 Å². The topological polar surface area (TPSA) is 69.7 Å². The van der Waals surface area contributed by atoms with Crippen molar-refractivity contribution in [3.8, 4) is 11.5 Å². The first-order valence-corrected chi connectivity index (χ1v) is 11.1. The van der Waals surface area contributed by atoms with E-state index in [0.29, 0.717) is 11.3 Å². The number of benzene rings is 2. The number of nitrogens with zero attached hydrogens (tertiary/aromatic N) is 1. The molecule has 0 spiro atoms. The number of hydrogen-bond acceptors (Lipinski definition) is 6. The summed E-state index contributed by atoms with van der Waals surface area (Å²) < 4.78 is 55.6. The lowest BCUT2D eigenvalue weighted by molar-refractivity contribution is -0.137. The zero-order valence-electron chi connectivity index (χ0n) is 18.5. The number of carbonyl (C=O) groups excluding carboxylic acids is 1. The molecular formula is C24H23F3N2O4S. The van der Waals surface area contributed by atoms with Crippen LogP contribution in [0.2, 0.25) is 0 Å². The Hall–Kier alpha value is -3.37. The van der Waals surface area contributed by atoms with Gasteiger partial charge in [-0.2, -0.15) is 13.2 Å². The lowest BCUT2D eigenvalue weighted by Crippen LogP contribution is -2.13. The molecule has 0 aliphatic carbocycles. The van der Waals surface area contributed by atoms with Crippen LogP contribution >= 0.6 is 11.3 Å². The summed E-state index contributed by atoms with van der Waals surface area (Å²) in [6, 6.07) is 9.99. The first-order valence-electron chi connectivity index (χ1n) is 10.2. The van der Waals surface area contributed by atoms with Gasteiger partial charge in [0.15, 0.2) is 0 Å². The van der Waals surface area contributed by atoms with Crippen molar-refractivity contribution in [1.82, 2.24) is 4.98 Å².